The lowest BCUT2D eigenvalue weighted by Crippen LogP contribution is -2.55. The van der Waals surface area contributed by atoms with Crippen LogP contribution in [0.4, 0.5) is 11.4 Å². The van der Waals surface area contributed by atoms with E-state index in [2.05, 4.69) is 37.1 Å². The second-order valence-electron chi connectivity index (χ2n) is 11.0. The zero-order chi connectivity index (χ0) is 26.2. The Balaban J connectivity index is 2.02. The molecule has 0 bridgehead atoms. The number of fused-ring (bicyclic) bond motifs is 1. The van der Waals surface area contributed by atoms with E-state index in [1.165, 1.54) is 0 Å². The van der Waals surface area contributed by atoms with Gasteiger partial charge in [0.2, 0.25) is 11.8 Å². The average molecular weight is 480 g/mol. The smallest absolute Gasteiger partial charge is 0.249 e. The first kappa shape index (κ1) is 26.6. The molecule has 1 N–H and O–H groups in total. The van der Waals surface area contributed by atoms with Crippen molar-refractivity contribution in [1.29, 1.82) is 0 Å². The number of nitrogens with zero attached hydrogens (tertiary/aromatic N) is 3. The van der Waals surface area contributed by atoms with Crippen molar-refractivity contribution in [3.8, 4) is 5.75 Å². The molecule has 2 amide bonds. The molecule has 6 heteroatoms. The Morgan fingerprint density at radius 1 is 1.06 bits per heavy atom. The predicted octanol–water partition coefficient (Wildman–Crippen LogP) is 5.13. The third-order valence-corrected chi connectivity index (χ3v) is 7.23. The van der Waals surface area contributed by atoms with Crippen molar-refractivity contribution in [2.24, 2.45) is 5.41 Å². The highest BCUT2D eigenvalue weighted by atomic mass is 16.3. The van der Waals surface area contributed by atoms with Gasteiger partial charge in [-0.05, 0) is 73.2 Å². The van der Waals surface area contributed by atoms with Gasteiger partial charge in [-0.15, -0.1) is 0 Å². The van der Waals surface area contributed by atoms with E-state index in [1.54, 1.807) is 16.8 Å². The first-order chi connectivity index (χ1) is 16.3. The van der Waals surface area contributed by atoms with Crippen LogP contribution in [0.15, 0.2) is 24.3 Å². The van der Waals surface area contributed by atoms with Crippen LogP contribution in [0.2, 0.25) is 0 Å². The van der Waals surface area contributed by atoms with E-state index in [1.807, 2.05) is 47.6 Å². The molecular weight excluding hydrogens is 438 g/mol. The van der Waals surface area contributed by atoms with Crippen LogP contribution in [0.25, 0.3) is 0 Å². The Morgan fingerprint density at radius 2 is 1.71 bits per heavy atom. The number of phenols is 1. The number of likely N-dealkylation sites (N-methyl/N-ethyl adjacent to an activating group) is 1. The number of aryl methyl sites for hydroxylation is 1. The summed E-state index contributed by atoms with van der Waals surface area (Å²) in [6, 6.07) is 7.63. The van der Waals surface area contributed by atoms with Gasteiger partial charge < -0.3 is 19.8 Å². The fourth-order valence-corrected chi connectivity index (χ4v) is 4.88. The summed E-state index contributed by atoms with van der Waals surface area (Å²) in [7, 11) is 3.84. The Bertz CT molecular complexity index is 1130. The number of amides is 2. The summed E-state index contributed by atoms with van der Waals surface area (Å²) in [5, 5.41) is 10.3. The Hall–Kier alpha value is -3.02. The van der Waals surface area contributed by atoms with E-state index in [-0.39, 0.29) is 17.6 Å². The van der Waals surface area contributed by atoms with E-state index < -0.39 is 11.5 Å². The molecule has 1 atom stereocenters. The summed E-state index contributed by atoms with van der Waals surface area (Å²) in [4.78, 5) is 33.1. The molecule has 0 spiro atoms. The number of rotatable bonds is 5. The van der Waals surface area contributed by atoms with Crippen molar-refractivity contribution in [3.05, 3.63) is 52.1 Å². The number of carbonyl (C=O) groups excluding carboxylic acids is 2. The third kappa shape index (κ3) is 5.16. The van der Waals surface area contributed by atoms with E-state index in [4.69, 9.17) is 0 Å². The molecular formula is C29H41N3O3. The molecule has 0 aromatic heterocycles. The van der Waals surface area contributed by atoms with Gasteiger partial charge in [0.15, 0.2) is 0 Å². The van der Waals surface area contributed by atoms with E-state index >= 15 is 0 Å². The van der Waals surface area contributed by atoms with Crippen LogP contribution in [0.3, 0.4) is 0 Å². The van der Waals surface area contributed by atoms with Crippen molar-refractivity contribution in [3.63, 3.8) is 0 Å². The minimum Gasteiger partial charge on any atom is -0.507 e. The molecule has 0 radical (unpaired) electrons. The van der Waals surface area contributed by atoms with Gasteiger partial charge in [0, 0.05) is 50.4 Å². The van der Waals surface area contributed by atoms with Crippen molar-refractivity contribution >= 4 is 23.2 Å². The summed E-state index contributed by atoms with van der Waals surface area (Å²) < 4.78 is 0. The van der Waals surface area contributed by atoms with Crippen LogP contribution in [-0.4, -0.2) is 48.5 Å². The minimum absolute atomic E-state index is 0.0306. The maximum absolute atomic E-state index is 13.9. The number of benzene rings is 2. The molecule has 2 aromatic carbocycles. The average Bonchev–Trinajstić information content (AvgIpc) is 2.81. The number of hydrogen-bond acceptors (Lipinski definition) is 4. The number of hydrogen-bond donors (Lipinski definition) is 1. The molecule has 0 unspecified atom stereocenters. The van der Waals surface area contributed by atoms with E-state index in [9.17, 15) is 14.7 Å². The Labute approximate surface area is 210 Å². The first-order valence-electron chi connectivity index (χ1n) is 12.5. The SMILES string of the molecule is CCCN(C)c1ccc2c(c1)CN(C(=O)C(C)(C)C)[C@H](C(=O)N(C)c1cc(C)c(O)c(C)c1C)C2. The standard InChI is InChI=1S/C29H41N3O3/c1-10-13-30(8)23-12-11-21-16-25(32(17-22(21)15-23)28(35)29(5,6)7)27(34)31(9)24-14-18(2)26(33)20(4)19(24)3/h11-12,14-15,25,33H,10,13,16-17H2,1-9H3/t25-/m0/s1. The number of carbonyl (C=O) groups is 2. The second-order valence-corrected chi connectivity index (χ2v) is 11.0. The lowest BCUT2D eigenvalue weighted by atomic mass is 9.88. The largest absolute Gasteiger partial charge is 0.507 e. The summed E-state index contributed by atoms with van der Waals surface area (Å²) in [6.45, 7) is 14.8. The highest BCUT2D eigenvalue weighted by Gasteiger charge is 2.40. The van der Waals surface area contributed by atoms with Gasteiger partial charge >= 0.3 is 0 Å². The van der Waals surface area contributed by atoms with Crippen LogP contribution in [0, 0.1) is 26.2 Å². The fourth-order valence-electron chi connectivity index (χ4n) is 4.88. The summed E-state index contributed by atoms with van der Waals surface area (Å²) in [5.74, 6) is 0.108. The van der Waals surface area contributed by atoms with E-state index in [0.717, 1.165) is 52.2 Å². The molecule has 0 saturated carbocycles. The maximum atomic E-state index is 13.9. The van der Waals surface area contributed by atoms with Crippen LogP contribution < -0.4 is 9.80 Å². The Kier molecular flexibility index (Phi) is 7.53. The van der Waals surface area contributed by atoms with Gasteiger partial charge in [-0.25, -0.2) is 0 Å². The summed E-state index contributed by atoms with van der Waals surface area (Å²) in [5.41, 5.74) is 5.84. The molecule has 1 heterocycles. The minimum atomic E-state index is -0.604. The quantitative estimate of drug-likeness (QED) is 0.646. The lowest BCUT2D eigenvalue weighted by molar-refractivity contribution is -0.147. The zero-order valence-electron chi connectivity index (χ0n) is 22.8. The number of aromatic hydroxyl groups is 1. The van der Waals surface area contributed by atoms with Gasteiger partial charge in [-0.2, -0.15) is 0 Å². The molecule has 35 heavy (non-hydrogen) atoms. The molecule has 1 aliphatic rings. The molecule has 2 aromatic rings. The summed E-state index contributed by atoms with van der Waals surface area (Å²) >= 11 is 0. The normalized spacial score (nSPS) is 15.6. The summed E-state index contributed by atoms with van der Waals surface area (Å²) in [6.07, 6.45) is 1.54. The van der Waals surface area contributed by atoms with Crippen LogP contribution in [-0.2, 0) is 22.6 Å². The molecule has 190 valence electrons. The Morgan fingerprint density at radius 3 is 2.31 bits per heavy atom. The highest BCUT2D eigenvalue weighted by Crippen LogP contribution is 2.35. The molecule has 0 aliphatic carbocycles. The van der Waals surface area contributed by atoms with Crippen molar-refractivity contribution in [1.82, 2.24) is 4.90 Å². The molecule has 0 fully saturated rings. The predicted molar refractivity (Wildman–Crippen MR) is 143 cm³/mol. The molecule has 0 saturated heterocycles. The maximum Gasteiger partial charge on any atom is 0.249 e. The van der Waals surface area contributed by atoms with Gasteiger partial charge in [0.1, 0.15) is 11.8 Å². The van der Waals surface area contributed by atoms with Gasteiger partial charge in [-0.3, -0.25) is 9.59 Å². The first-order valence-corrected chi connectivity index (χ1v) is 12.5. The highest BCUT2D eigenvalue weighted by molar-refractivity contribution is 6.00. The zero-order valence-corrected chi connectivity index (χ0v) is 22.8. The molecule has 3 rings (SSSR count). The van der Waals surface area contributed by atoms with Gasteiger partial charge in [0.05, 0.1) is 0 Å². The van der Waals surface area contributed by atoms with Crippen molar-refractivity contribution in [2.75, 3.05) is 30.4 Å². The third-order valence-electron chi connectivity index (χ3n) is 7.23. The molecule has 1 aliphatic heterocycles. The van der Waals surface area contributed by atoms with Gasteiger partial charge in [0.25, 0.3) is 0 Å². The fraction of sp³-hybridized carbons (Fsp3) is 0.517. The van der Waals surface area contributed by atoms with Crippen molar-refractivity contribution in [2.45, 2.75) is 73.9 Å². The van der Waals surface area contributed by atoms with Crippen LogP contribution in [0.1, 0.15) is 61.9 Å². The molecule has 6 nitrogen and oxygen atoms in total. The van der Waals surface area contributed by atoms with Crippen LogP contribution in [0.5, 0.6) is 5.75 Å². The number of phenolic OH excluding ortho intramolecular Hbond substituents is 1. The topological polar surface area (TPSA) is 64.1 Å². The number of anilines is 2. The van der Waals surface area contributed by atoms with E-state index in [0.29, 0.717) is 13.0 Å². The van der Waals surface area contributed by atoms with Crippen molar-refractivity contribution < 1.29 is 14.7 Å². The lowest BCUT2D eigenvalue weighted by Gasteiger charge is -2.41. The van der Waals surface area contributed by atoms with Crippen LogP contribution >= 0.6 is 0 Å². The monoisotopic (exact) mass is 479 g/mol. The van der Waals surface area contributed by atoms with Gasteiger partial charge in [-0.1, -0.05) is 33.8 Å². The second kappa shape index (κ2) is 9.92.